The van der Waals surface area contributed by atoms with E-state index < -0.39 is 0 Å². The van der Waals surface area contributed by atoms with E-state index in [4.69, 9.17) is 12.2 Å². The van der Waals surface area contributed by atoms with Gasteiger partial charge in [0.05, 0.1) is 10.0 Å². The zero-order chi connectivity index (χ0) is 14.8. The molecule has 0 saturated carbocycles. The molecule has 1 aromatic carbocycles. The lowest BCUT2D eigenvalue weighted by atomic mass is 10.2. The summed E-state index contributed by atoms with van der Waals surface area (Å²) in [6.45, 7) is 0. The third-order valence-corrected chi connectivity index (χ3v) is 5.17. The number of aromatic amines is 1. The van der Waals surface area contributed by atoms with E-state index in [1.54, 1.807) is 22.2 Å². The van der Waals surface area contributed by atoms with Crippen LogP contribution in [0, 0.1) is 4.77 Å². The van der Waals surface area contributed by atoms with Gasteiger partial charge < -0.3 is 0 Å². The smallest absolute Gasteiger partial charge is 0.216 e. The van der Waals surface area contributed by atoms with Crippen LogP contribution in [0.1, 0.15) is 4.88 Å². The number of hydrogen-bond donors (Lipinski definition) is 1. The van der Waals surface area contributed by atoms with Crippen LogP contribution in [-0.2, 0) is 0 Å². The van der Waals surface area contributed by atoms with Crippen molar-refractivity contribution in [1.29, 1.82) is 0 Å². The van der Waals surface area contributed by atoms with Gasteiger partial charge in [-0.15, -0.1) is 11.3 Å². The van der Waals surface area contributed by atoms with Crippen LogP contribution >= 0.6 is 55.4 Å². The van der Waals surface area contributed by atoms with Crippen molar-refractivity contribution in [2.75, 3.05) is 0 Å². The normalized spacial score (nSPS) is 11.3. The quantitative estimate of drug-likeness (QED) is 0.453. The van der Waals surface area contributed by atoms with E-state index in [2.05, 4.69) is 47.2 Å². The summed E-state index contributed by atoms with van der Waals surface area (Å²) in [5, 5.41) is 11.5. The first kappa shape index (κ1) is 14.8. The molecular weight excluding hydrogens is 436 g/mol. The molecule has 0 radical (unpaired) electrons. The summed E-state index contributed by atoms with van der Waals surface area (Å²) in [7, 11) is 0. The maximum atomic E-state index is 5.25. The number of hydrogen-bond acceptors (Lipinski definition) is 4. The molecule has 8 heteroatoms. The van der Waals surface area contributed by atoms with Gasteiger partial charge >= 0.3 is 0 Å². The minimum Gasteiger partial charge on any atom is -0.250 e. The molecule has 0 atom stereocenters. The van der Waals surface area contributed by atoms with Crippen LogP contribution in [0.5, 0.6) is 0 Å². The molecule has 21 heavy (non-hydrogen) atoms. The van der Waals surface area contributed by atoms with Gasteiger partial charge in [-0.2, -0.15) is 14.9 Å². The van der Waals surface area contributed by atoms with Crippen molar-refractivity contribution in [3.63, 3.8) is 0 Å². The van der Waals surface area contributed by atoms with Crippen molar-refractivity contribution in [2.24, 2.45) is 5.10 Å². The molecule has 2 aromatic heterocycles. The lowest BCUT2D eigenvalue weighted by Gasteiger charge is -2.02. The van der Waals surface area contributed by atoms with Crippen LogP contribution in [0.2, 0.25) is 0 Å². The minimum atomic E-state index is 0.452. The van der Waals surface area contributed by atoms with E-state index in [-0.39, 0.29) is 0 Å². The SMILES string of the molecule is S=c1[nH]nc(-c2ccccc2Br)n1/N=C\c1ccc(Br)s1. The van der Waals surface area contributed by atoms with E-state index in [0.29, 0.717) is 10.6 Å². The number of nitrogens with zero attached hydrogens (tertiary/aromatic N) is 3. The minimum absolute atomic E-state index is 0.452. The Morgan fingerprint density at radius 1 is 1.24 bits per heavy atom. The van der Waals surface area contributed by atoms with E-state index in [1.165, 1.54) is 0 Å². The molecule has 0 spiro atoms. The molecule has 0 saturated heterocycles. The zero-order valence-corrected chi connectivity index (χ0v) is 15.3. The molecule has 0 aliphatic carbocycles. The molecule has 1 N–H and O–H groups in total. The average molecular weight is 444 g/mol. The van der Waals surface area contributed by atoms with Gasteiger partial charge in [-0.25, -0.2) is 5.10 Å². The Bertz CT molecular complexity index is 863. The third-order valence-electron chi connectivity index (χ3n) is 2.66. The fraction of sp³-hybridized carbons (Fsp3) is 0. The van der Waals surface area contributed by atoms with Gasteiger partial charge in [-0.1, -0.05) is 28.1 Å². The second kappa shape index (κ2) is 6.35. The lowest BCUT2D eigenvalue weighted by Crippen LogP contribution is -1.94. The van der Waals surface area contributed by atoms with Crippen LogP contribution in [0.25, 0.3) is 11.4 Å². The van der Waals surface area contributed by atoms with Crippen LogP contribution < -0.4 is 0 Å². The summed E-state index contributed by atoms with van der Waals surface area (Å²) in [5.74, 6) is 0.666. The Morgan fingerprint density at radius 2 is 2.05 bits per heavy atom. The largest absolute Gasteiger partial charge is 0.250 e. The second-order valence-corrected chi connectivity index (χ2v) is 7.77. The van der Waals surface area contributed by atoms with Crippen LogP contribution in [0.15, 0.2) is 49.8 Å². The highest BCUT2D eigenvalue weighted by Crippen LogP contribution is 2.26. The zero-order valence-electron chi connectivity index (χ0n) is 10.5. The molecule has 0 aliphatic rings. The lowest BCUT2D eigenvalue weighted by molar-refractivity contribution is 0.871. The van der Waals surface area contributed by atoms with E-state index >= 15 is 0 Å². The molecule has 0 fully saturated rings. The van der Waals surface area contributed by atoms with Gasteiger partial charge in [0, 0.05) is 14.9 Å². The Kier molecular flexibility index (Phi) is 4.48. The number of aromatic nitrogens is 3. The second-order valence-electron chi connectivity index (χ2n) is 4.03. The number of thiophene rings is 1. The van der Waals surface area contributed by atoms with Gasteiger partial charge in [-0.05, 0) is 52.4 Å². The van der Waals surface area contributed by atoms with Crippen molar-refractivity contribution in [3.8, 4) is 11.4 Å². The first-order chi connectivity index (χ1) is 10.1. The fourth-order valence-electron chi connectivity index (χ4n) is 1.73. The summed E-state index contributed by atoms with van der Waals surface area (Å²) in [4.78, 5) is 1.03. The van der Waals surface area contributed by atoms with Crippen LogP contribution in [0.3, 0.4) is 0 Å². The number of halogens is 2. The Balaban J connectivity index is 2.04. The molecule has 4 nitrogen and oxygen atoms in total. The van der Waals surface area contributed by atoms with Gasteiger partial charge in [0.15, 0.2) is 5.82 Å². The predicted octanol–water partition coefficient (Wildman–Crippen LogP) is 5.08. The molecule has 3 rings (SSSR count). The number of benzene rings is 1. The Hall–Kier alpha value is -1.09. The first-order valence-corrected chi connectivity index (χ1v) is 8.68. The van der Waals surface area contributed by atoms with Crippen molar-refractivity contribution in [1.82, 2.24) is 14.9 Å². The molecule has 0 amide bonds. The maximum Gasteiger partial charge on any atom is 0.216 e. The van der Waals surface area contributed by atoms with Crippen molar-refractivity contribution < 1.29 is 0 Å². The molecule has 0 unspecified atom stereocenters. The first-order valence-electron chi connectivity index (χ1n) is 5.87. The van der Waals surface area contributed by atoms with E-state index in [9.17, 15) is 0 Å². The highest BCUT2D eigenvalue weighted by atomic mass is 79.9. The van der Waals surface area contributed by atoms with Gasteiger partial charge in [-0.3, -0.25) is 0 Å². The summed E-state index contributed by atoms with van der Waals surface area (Å²) >= 11 is 13.8. The predicted molar refractivity (Wildman–Crippen MR) is 95.6 cm³/mol. The molecule has 2 heterocycles. The summed E-state index contributed by atoms with van der Waals surface area (Å²) in [6.07, 6.45) is 1.76. The van der Waals surface area contributed by atoms with E-state index in [1.807, 2.05) is 36.4 Å². The molecule has 106 valence electrons. The maximum absolute atomic E-state index is 5.25. The van der Waals surface area contributed by atoms with Crippen molar-refractivity contribution in [3.05, 3.63) is 54.3 Å². The molecule has 3 aromatic rings. The standard InChI is InChI=1S/C13H8Br2N4S2/c14-10-4-2-1-3-9(10)12-17-18-13(20)19(12)16-7-8-5-6-11(15)21-8/h1-7H,(H,18,20)/b16-7-. The number of rotatable bonds is 3. The highest BCUT2D eigenvalue weighted by molar-refractivity contribution is 9.11. The van der Waals surface area contributed by atoms with E-state index in [0.717, 1.165) is 18.7 Å². The summed E-state index contributed by atoms with van der Waals surface area (Å²) in [6, 6.07) is 11.8. The number of H-pyrrole nitrogens is 1. The molecule has 0 aliphatic heterocycles. The van der Waals surface area contributed by atoms with Crippen molar-refractivity contribution >= 4 is 61.6 Å². The van der Waals surface area contributed by atoms with Gasteiger partial charge in [0.25, 0.3) is 0 Å². The Labute approximate surface area is 146 Å². The summed E-state index contributed by atoms with van der Waals surface area (Å²) < 4.78 is 4.07. The van der Waals surface area contributed by atoms with Crippen molar-refractivity contribution in [2.45, 2.75) is 0 Å². The molecular formula is C13H8Br2N4S2. The van der Waals surface area contributed by atoms with Gasteiger partial charge in [0.1, 0.15) is 0 Å². The summed E-state index contributed by atoms with van der Waals surface area (Å²) in [5.41, 5.74) is 0.925. The monoisotopic (exact) mass is 442 g/mol. The average Bonchev–Trinajstić information content (AvgIpc) is 3.04. The van der Waals surface area contributed by atoms with Crippen LogP contribution in [0.4, 0.5) is 0 Å². The topological polar surface area (TPSA) is 46.0 Å². The third kappa shape index (κ3) is 3.23. The highest BCUT2D eigenvalue weighted by Gasteiger charge is 2.10. The fourth-order valence-corrected chi connectivity index (χ4v) is 3.66. The van der Waals surface area contributed by atoms with Crippen LogP contribution in [-0.4, -0.2) is 21.1 Å². The van der Waals surface area contributed by atoms with Gasteiger partial charge in [0.2, 0.25) is 4.77 Å². The number of nitrogens with one attached hydrogen (secondary N) is 1. The molecule has 0 bridgehead atoms. The Morgan fingerprint density at radius 3 is 2.76 bits per heavy atom.